The van der Waals surface area contributed by atoms with Gasteiger partial charge in [0.25, 0.3) is 0 Å². The van der Waals surface area contributed by atoms with Crippen molar-refractivity contribution in [1.29, 1.82) is 0 Å². The van der Waals surface area contributed by atoms with Gasteiger partial charge in [0.05, 0.1) is 5.69 Å². The van der Waals surface area contributed by atoms with E-state index in [0.29, 0.717) is 6.42 Å². The molecule has 1 aliphatic rings. The SMILES string of the molecule is O=C1CC(Cc2ccccc2)c2[nH]c3ccccc3c2N1. The molecule has 0 aliphatic carbocycles. The number of fused-ring (bicyclic) bond motifs is 3. The van der Waals surface area contributed by atoms with Crippen LogP contribution in [0.3, 0.4) is 0 Å². The summed E-state index contributed by atoms with van der Waals surface area (Å²) in [4.78, 5) is 15.5. The lowest BCUT2D eigenvalue weighted by Gasteiger charge is -2.23. The summed E-state index contributed by atoms with van der Waals surface area (Å²) in [5.41, 5.74) is 4.46. The fourth-order valence-corrected chi connectivity index (χ4v) is 3.19. The lowest BCUT2D eigenvalue weighted by Crippen LogP contribution is -2.23. The summed E-state index contributed by atoms with van der Waals surface area (Å²) in [7, 11) is 0. The molecule has 0 saturated heterocycles. The number of nitrogens with one attached hydrogen (secondary N) is 2. The zero-order chi connectivity index (χ0) is 14.2. The molecular formula is C18H16N2O. The van der Waals surface area contributed by atoms with Crippen LogP contribution in [-0.2, 0) is 11.2 Å². The van der Waals surface area contributed by atoms with Gasteiger partial charge in [-0.05, 0) is 18.1 Å². The molecule has 2 aromatic carbocycles. The van der Waals surface area contributed by atoms with Crippen LogP contribution in [0.2, 0.25) is 0 Å². The van der Waals surface area contributed by atoms with Gasteiger partial charge in [0.1, 0.15) is 0 Å². The summed E-state index contributed by atoms with van der Waals surface area (Å²) < 4.78 is 0. The number of rotatable bonds is 2. The van der Waals surface area contributed by atoms with Crippen LogP contribution in [0.5, 0.6) is 0 Å². The van der Waals surface area contributed by atoms with Crippen molar-refractivity contribution in [3.63, 3.8) is 0 Å². The number of H-pyrrole nitrogens is 1. The Hall–Kier alpha value is -2.55. The lowest BCUT2D eigenvalue weighted by molar-refractivity contribution is -0.116. The number of aromatic nitrogens is 1. The highest BCUT2D eigenvalue weighted by Gasteiger charge is 2.28. The number of carbonyl (C=O) groups excluding carboxylic acids is 1. The van der Waals surface area contributed by atoms with Gasteiger partial charge in [0.15, 0.2) is 0 Å². The number of carbonyl (C=O) groups is 1. The van der Waals surface area contributed by atoms with Crippen molar-refractivity contribution >= 4 is 22.5 Å². The molecule has 3 heteroatoms. The Bertz CT molecular complexity index is 804. The van der Waals surface area contributed by atoms with Gasteiger partial charge in [-0.15, -0.1) is 0 Å². The van der Waals surface area contributed by atoms with E-state index in [1.165, 1.54) is 5.56 Å². The Morgan fingerprint density at radius 3 is 2.62 bits per heavy atom. The summed E-state index contributed by atoms with van der Waals surface area (Å²) in [6.45, 7) is 0. The fraction of sp³-hybridized carbons (Fsp3) is 0.167. The molecule has 0 bridgehead atoms. The minimum atomic E-state index is 0.105. The number of para-hydroxylation sites is 1. The van der Waals surface area contributed by atoms with E-state index in [2.05, 4.69) is 34.6 Å². The maximum atomic E-state index is 12.0. The monoisotopic (exact) mass is 276 g/mol. The van der Waals surface area contributed by atoms with Gasteiger partial charge < -0.3 is 10.3 Å². The minimum absolute atomic E-state index is 0.105. The average Bonchev–Trinajstić information content (AvgIpc) is 2.87. The summed E-state index contributed by atoms with van der Waals surface area (Å²) in [5, 5.41) is 4.12. The Morgan fingerprint density at radius 1 is 1.00 bits per heavy atom. The van der Waals surface area contributed by atoms with Gasteiger partial charge in [-0.1, -0.05) is 48.5 Å². The fourth-order valence-electron chi connectivity index (χ4n) is 3.19. The summed E-state index contributed by atoms with van der Waals surface area (Å²) in [5.74, 6) is 0.316. The summed E-state index contributed by atoms with van der Waals surface area (Å²) in [6, 6.07) is 18.5. The van der Waals surface area contributed by atoms with E-state index in [-0.39, 0.29) is 11.8 Å². The molecular weight excluding hydrogens is 260 g/mol. The van der Waals surface area contributed by atoms with Crippen molar-refractivity contribution in [2.75, 3.05) is 5.32 Å². The molecule has 1 atom stereocenters. The van der Waals surface area contributed by atoms with Crippen LogP contribution >= 0.6 is 0 Å². The van der Waals surface area contributed by atoms with Crippen molar-refractivity contribution in [2.24, 2.45) is 0 Å². The molecule has 1 amide bonds. The smallest absolute Gasteiger partial charge is 0.225 e. The van der Waals surface area contributed by atoms with Gasteiger partial charge in [0, 0.05) is 28.9 Å². The third-order valence-corrected chi connectivity index (χ3v) is 4.16. The van der Waals surface area contributed by atoms with Gasteiger partial charge >= 0.3 is 0 Å². The molecule has 2 N–H and O–H groups in total. The van der Waals surface area contributed by atoms with Crippen LogP contribution in [0.25, 0.3) is 10.9 Å². The van der Waals surface area contributed by atoms with Gasteiger partial charge in [-0.3, -0.25) is 4.79 Å². The average molecular weight is 276 g/mol. The van der Waals surface area contributed by atoms with Crippen LogP contribution in [-0.4, -0.2) is 10.9 Å². The van der Waals surface area contributed by atoms with Crippen molar-refractivity contribution in [1.82, 2.24) is 4.98 Å². The topological polar surface area (TPSA) is 44.9 Å². The zero-order valence-electron chi connectivity index (χ0n) is 11.6. The Morgan fingerprint density at radius 2 is 1.76 bits per heavy atom. The molecule has 3 nitrogen and oxygen atoms in total. The van der Waals surface area contributed by atoms with E-state index in [9.17, 15) is 4.79 Å². The third kappa shape index (κ3) is 2.11. The second-order valence-corrected chi connectivity index (χ2v) is 5.60. The highest BCUT2D eigenvalue weighted by molar-refractivity contribution is 6.05. The normalized spacial score (nSPS) is 17.5. The molecule has 3 aromatic rings. The predicted molar refractivity (Wildman–Crippen MR) is 84.4 cm³/mol. The minimum Gasteiger partial charge on any atom is -0.356 e. The number of anilines is 1. The molecule has 1 aliphatic heterocycles. The first-order valence-electron chi connectivity index (χ1n) is 7.25. The number of benzene rings is 2. The first-order valence-corrected chi connectivity index (χ1v) is 7.25. The van der Waals surface area contributed by atoms with Gasteiger partial charge in [0.2, 0.25) is 5.91 Å². The van der Waals surface area contributed by atoms with Crippen molar-refractivity contribution in [2.45, 2.75) is 18.8 Å². The van der Waals surface area contributed by atoms with Crippen molar-refractivity contribution in [3.8, 4) is 0 Å². The molecule has 2 heterocycles. The molecule has 0 radical (unpaired) electrons. The maximum absolute atomic E-state index is 12.0. The van der Waals surface area contributed by atoms with Crippen LogP contribution in [0.1, 0.15) is 23.6 Å². The highest BCUT2D eigenvalue weighted by Crippen LogP contribution is 2.39. The van der Waals surface area contributed by atoms with Crippen molar-refractivity contribution < 1.29 is 4.79 Å². The third-order valence-electron chi connectivity index (χ3n) is 4.16. The maximum Gasteiger partial charge on any atom is 0.225 e. The molecule has 0 spiro atoms. The zero-order valence-corrected chi connectivity index (χ0v) is 11.6. The molecule has 21 heavy (non-hydrogen) atoms. The predicted octanol–water partition coefficient (Wildman–Crippen LogP) is 3.84. The molecule has 0 saturated carbocycles. The Balaban J connectivity index is 1.79. The van der Waals surface area contributed by atoms with E-state index in [4.69, 9.17) is 0 Å². The number of hydrogen-bond donors (Lipinski definition) is 2. The van der Waals surface area contributed by atoms with Crippen LogP contribution < -0.4 is 5.32 Å². The van der Waals surface area contributed by atoms with Gasteiger partial charge in [-0.2, -0.15) is 0 Å². The van der Waals surface area contributed by atoms with E-state index < -0.39 is 0 Å². The van der Waals surface area contributed by atoms with Crippen LogP contribution in [0.15, 0.2) is 54.6 Å². The van der Waals surface area contributed by atoms with E-state index in [1.807, 2.05) is 30.3 Å². The lowest BCUT2D eigenvalue weighted by atomic mass is 9.89. The largest absolute Gasteiger partial charge is 0.356 e. The number of hydrogen-bond acceptors (Lipinski definition) is 1. The molecule has 1 unspecified atom stereocenters. The second-order valence-electron chi connectivity index (χ2n) is 5.60. The molecule has 104 valence electrons. The van der Waals surface area contributed by atoms with Crippen LogP contribution in [0.4, 0.5) is 5.69 Å². The van der Waals surface area contributed by atoms with Crippen molar-refractivity contribution in [3.05, 3.63) is 65.9 Å². The standard InChI is InChI=1S/C18H16N2O/c21-16-11-13(10-12-6-2-1-3-7-12)17-18(20-16)14-8-4-5-9-15(14)19-17/h1-9,13,19H,10-11H2,(H,20,21). The van der Waals surface area contributed by atoms with E-state index in [0.717, 1.165) is 28.7 Å². The second kappa shape index (κ2) is 4.77. The number of aromatic amines is 1. The Labute approximate surface area is 123 Å². The molecule has 0 fully saturated rings. The quantitative estimate of drug-likeness (QED) is 0.734. The van der Waals surface area contributed by atoms with Crippen LogP contribution in [0, 0.1) is 0 Å². The number of amides is 1. The first-order chi connectivity index (χ1) is 10.3. The first kappa shape index (κ1) is 12.2. The molecule has 1 aromatic heterocycles. The summed E-state index contributed by atoms with van der Waals surface area (Å²) in [6.07, 6.45) is 1.42. The van der Waals surface area contributed by atoms with E-state index in [1.54, 1.807) is 0 Å². The van der Waals surface area contributed by atoms with E-state index >= 15 is 0 Å². The summed E-state index contributed by atoms with van der Waals surface area (Å²) >= 11 is 0. The Kier molecular flexibility index (Phi) is 2.78. The molecule has 4 rings (SSSR count). The van der Waals surface area contributed by atoms with Gasteiger partial charge in [-0.25, -0.2) is 0 Å². The highest BCUT2D eigenvalue weighted by atomic mass is 16.1.